The highest BCUT2D eigenvalue weighted by Gasteiger charge is 2.33. The molecule has 2 rings (SSSR count). The molecule has 0 spiro atoms. The number of thioether (sulfide) groups is 1. The van der Waals surface area contributed by atoms with Gasteiger partial charge in [0.2, 0.25) is 0 Å². The Morgan fingerprint density at radius 1 is 1.24 bits per heavy atom. The molecule has 1 N–H and O–H groups in total. The maximum absolute atomic E-state index is 12.0. The normalized spacial score (nSPS) is 15.8. The molecule has 25 heavy (non-hydrogen) atoms. The van der Waals surface area contributed by atoms with Gasteiger partial charge in [-0.15, -0.1) is 11.8 Å². The number of nitrogens with one attached hydrogen (secondary N) is 1. The van der Waals surface area contributed by atoms with Crippen LogP contribution >= 0.6 is 11.8 Å². The summed E-state index contributed by atoms with van der Waals surface area (Å²) >= 11 is 1.58. The lowest BCUT2D eigenvalue weighted by atomic mass is 9.83. The zero-order valence-electron chi connectivity index (χ0n) is 14.5. The van der Waals surface area contributed by atoms with E-state index < -0.39 is 17.4 Å². The van der Waals surface area contributed by atoms with Crippen LogP contribution in [0, 0.1) is 18.3 Å². The minimum absolute atomic E-state index is 0.245. The number of rotatable bonds is 7. The summed E-state index contributed by atoms with van der Waals surface area (Å²) in [7, 11) is 0. The minimum atomic E-state index is -0.789. The molecule has 0 aromatic heterocycles. The summed E-state index contributed by atoms with van der Waals surface area (Å²) < 4.78 is 5.02. The fraction of sp³-hybridized carbons (Fsp3) is 0.526. The number of amides is 1. The van der Waals surface area contributed by atoms with Crippen molar-refractivity contribution >= 4 is 23.6 Å². The van der Waals surface area contributed by atoms with E-state index in [0.29, 0.717) is 18.6 Å². The second-order valence-corrected chi connectivity index (χ2v) is 7.54. The molecule has 134 valence electrons. The molecule has 1 aliphatic carbocycles. The van der Waals surface area contributed by atoms with Crippen LogP contribution in [-0.2, 0) is 14.3 Å². The van der Waals surface area contributed by atoms with E-state index in [4.69, 9.17) is 4.74 Å². The van der Waals surface area contributed by atoms with E-state index in [2.05, 4.69) is 11.4 Å². The first-order valence-electron chi connectivity index (χ1n) is 8.60. The van der Waals surface area contributed by atoms with E-state index in [1.165, 1.54) is 5.56 Å². The highest BCUT2D eigenvalue weighted by Crippen LogP contribution is 2.27. The molecule has 0 bridgehead atoms. The molecule has 6 heteroatoms. The van der Waals surface area contributed by atoms with Gasteiger partial charge in [-0.25, -0.2) is 0 Å². The fourth-order valence-corrected chi connectivity index (χ4v) is 3.66. The summed E-state index contributed by atoms with van der Waals surface area (Å²) in [6.07, 6.45) is 4.53. The van der Waals surface area contributed by atoms with Gasteiger partial charge in [0.1, 0.15) is 5.54 Å². The van der Waals surface area contributed by atoms with Crippen molar-refractivity contribution in [1.82, 2.24) is 5.32 Å². The van der Waals surface area contributed by atoms with Crippen LogP contribution in [0.4, 0.5) is 0 Å². The van der Waals surface area contributed by atoms with Crippen LogP contribution in [0.15, 0.2) is 29.2 Å². The first-order chi connectivity index (χ1) is 12.0. The second kappa shape index (κ2) is 9.47. The topological polar surface area (TPSA) is 79.2 Å². The van der Waals surface area contributed by atoms with E-state index in [1.54, 1.807) is 11.8 Å². The molecular weight excluding hydrogens is 336 g/mol. The minimum Gasteiger partial charge on any atom is -0.456 e. The Labute approximate surface area is 153 Å². The van der Waals surface area contributed by atoms with Gasteiger partial charge in [0.05, 0.1) is 12.5 Å². The van der Waals surface area contributed by atoms with Gasteiger partial charge in [-0.05, 0) is 31.9 Å². The number of hydrogen-bond acceptors (Lipinski definition) is 5. The van der Waals surface area contributed by atoms with Crippen molar-refractivity contribution in [3.05, 3.63) is 29.8 Å². The number of hydrogen-bond donors (Lipinski definition) is 1. The summed E-state index contributed by atoms with van der Waals surface area (Å²) in [6, 6.07) is 10.3. The van der Waals surface area contributed by atoms with Gasteiger partial charge in [0, 0.05) is 10.6 Å². The van der Waals surface area contributed by atoms with E-state index in [-0.39, 0.29) is 13.0 Å². The molecule has 0 aliphatic heterocycles. The molecule has 0 unspecified atom stereocenters. The Morgan fingerprint density at radius 3 is 2.56 bits per heavy atom. The van der Waals surface area contributed by atoms with Crippen LogP contribution in [0.3, 0.4) is 0 Å². The fourth-order valence-electron chi connectivity index (χ4n) is 2.83. The number of nitriles is 1. The van der Waals surface area contributed by atoms with Gasteiger partial charge < -0.3 is 10.1 Å². The number of nitrogens with zero attached hydrogens (tertiary/aromatic N) is 1. The van der Waals surface area contributed by atoms with Gasteiger partial charge in [-0.3, -0.25) is 9.59 Å². The standard InChI is InChI=1S/C19H24N2O3S/c1-15-5-7-16(8-6-15)25-12-9-18(23)24-13-17(22)21-19(14-20)10-3-2-4-11-19/h5-8H,2-4,9-13H2,1H3,(H,21,22). The van der Waals surface area contributed by atoms with Crippen molar-refractivity contribution in [3.8, 4) is 6.07 Å². The van der Waals surface area contributed by atoms with Gasteiger partial charge in [0.15, 0.2) is 6.61 Å². The molecule has 0 heterocycles. The third-order valence-electron chi connectivity index (χ3n) is 4.26. The van der Waals surface area contributed by atoms with Crippen molar-refractivity contribution in [3.63, 3.8) is 0 Å². The van der Waals surface area contributed by atoms with Crippen molar-refractivity contribution in [2.45, 2.75) is 55.9 Å². The number of ether oxygens (including phenoxy) is 1. The average molecular weight is 360 g/mol. The summed E-state index contributed by atoms with van der Waals surface area (Å²) in [5, 5.41) is 12.1. The molecule has 1 aliphatic rings. The monoisotopic (exact) mass is 360 g/mol. The zero-order chi connectivity index (χ0) is 18.1. The van der Waals surface area contributed by atoms with Crippen LogP contribution in [0.5, 0.6) is 0 Å². The second-order valence-electron chi connectivity index (χ2n) is 6.37. The molecule has 1 aromatic rings. The molecule has 1 saturated carbocycles. The van der Waals surface area contributed by atoms with Gasteiger partial charge in [0.25, 0.3) is 5.91 Å². The molecular formula is C19H24N2O3S. The van der Waals surface area contributed by atoms with E-state index in [9.17, 15) is 14.9 Å². The summed E-state index contributed by atoms with van der Waals surface area (Å²) in [6.45, 7) is 1.71. The molecule has 0 saturated heterocycles. The van der Waals surface area contributed by atoms with Gasteiger partial charge in [-0.1, -0.05) is 37.0 Å². The van der Waals surface area contributed by atoms with Gasteiger partial charge in [-0.2, -0.15) is 5.26 Å². The van der Waals surface area contributed by atoms with Crippen molar-refractivity contribution in [2.75, 3.05) is 12.4 Å². The number of carbonyl (C=O) groups is 2. The first-order valence-corrected chi connectivity index (χ1v) is 9.59. The van der Waals surface area contributed by atoms with E-state index in [1.807, 2.05) is 31.2 Å². The Balaban J connectivity index is 1.66. The maximum Gasteiger partial charge on any atom is 0.307 e. The van der Waals surface area contributed by atoms with Crippen LogP contribution in [0.1, 0.15) is 44.1 Å². The summed E-state index contributed by atoms with van der Waals surface area (Å²) in [5.41, 5.74) is 0.408. The predicted octanol–water partition coefficient (Wildman–Crippen LogP) is 3.36. The highest BCUT2D eigenvalue weighted by molar-refractivity contribution is 7.99. The smallest absolute Gasteiger partial charge is 0.307 e. The van der Waals surface area contributed by atoms with Gasteiger partial charge >= 0.3 is 5.97 Å². The Kier molecular flexibility index (Phi) is 7.32. The van der Waals surface area contributed by atoms with Crippen molar-refractivity contribution in [1.29, 1.82) is 5.26 Å². The lowest BCUT2D eigenvalue weighted by Gasteiger charge is -2.31. The zero-order valence-corrected chi connectivity index (χ0v) is 15.4. The lowest BCUT2D eigenvalue weighted by Crippen LogP contribution is -2.50. The first kappa shape index (κ1) is 19.3. The van der Waals surface area contributed by atoms with Crippen LogP contribution in [0.2, 0.25) is 0 Å². The molecule has 1 aromatic carbocycles. The predicted molar refractivity (Wildman–Crippen MR) is 97.1 cm³/mol. The van der Waals surface area contributed by atoms with Crippen LogP contribution in [0.25, 0.3) is 0 Å². The Morgan fingerprint density at radius 2 is 1.92 bits per heavy atom. The molecule has 1 amide bonds. The quantitative estimate of drug-likeness (QED) is 0.596. The third kappa shape index (κ3) is 6.43. The summed E-state index contributed by atoms with van der Waals surface area (Å²) in [4.78, 5) is 24.8. The Bertz CT molecular complexity index is 631. The summed E-state index contributed by atoms with van der Waals surface area (Å²) in [5.74, 6) is -0.196. The SMILES string of the molecule is Cc1ccc(SCCC(=O)OCC(=O)NC2(C#N)CCCCC2)cc1. The van der Waals surface area contributed by atoms with Crippen molar-refractivity contribution < 1.29 is 14.3 Å². The van der Waals surface area contributed by atoms with E-state index in [0.717, 1.165) is 24.2 Å². The van der Waals surface area contributed by atoms with E-state index >= 15 is 0 Å². The largest absolute Gasteiger partial charge is 0.456 e. The number of benzene rings is 1. The molecule has 0 radical (unpaired) electrons. The van der Waals surface area contributed by atoms with Crippen molar-refractivity contribution in [2.24, 2.45) is 0 Å². The maximum atomic E-state index is 12.0. The molecule has 5 nitrogen and oxygen atoms in total. The average Bonchev–Trinajstić information content (AvgIpc) is 2.62. The Hall–Kier alpha value is -2.00. The number of aryl methyl sites for hydroxylation is 1. The number of esters is 1. The van der Waals surface area contributed by atoms with Crippen LogP contribution in [-0.4, -0.2) is 29.8 Å². The lowest BCUT2D eigenvalue weighted by molar-refractivity contribution is -0.148. The van der Waals surface area contributed by atoms with Crippen LogP contribution < -0.4 is 5.32 Å². The molecule has 1 fully saturated rings. The number of carbonyl (C=O) groups excluding carboxylic acids is 2. The highest BCUT2D eigenvalue weighted by atomic mass is 32.2. The molecule has 0 atom stereocenters. The third-order valence-corrected chi connectivity index (χ3v) is 5.27.